The summed E-state index contributed by atoms with van der Waals surface area (Å²) in [5, 5.41) is 12.2. The van der Waals surface area contributed by atoms with Crippen LogP contribution in [0.15, 0.2) is 0 Å². The van der Waals surface area contributed by atoms with E-state index >= 15 is 0 Å². The number of amides is 1. The zero-order valence-electron chi connectivity index (χ0n) is 14.1. The Morgan fingerprint density at radius 2 is 1.50 bits per heavy atom. The van der Waals surface area contributed by atoms with Gasteiger partial charge in [0.25, 0.3) is 0 Å². The zero-order valence-corrected chi connectivity index (χ0v) is 14.1. The Labute approximate surface area is 134 Å². The lowest BCUT2D eigenvalue weighted by Gasteiger charge is -2.37. The van der Waals surface area contributed by atoms with Crippen molar-refractivity contribution >= 4 is 11.9 Å². The largest absolute Gasteiger partial charge is 0.481 e. The van der Waals surface area contributed by atoms with Crippen molar-refractivity contribution in [2.24, 2.45) is 23.2 Å². The Bertz CT molecular complexity index is 391. The molecule has 2 aliphatic carbocycles. The third-order valence-corrected chi connectivity index (χ3v) is 5.88. The first-order chi connectivity index (χ1) is 10.4. The first-order valence-electron chi connectivity index (χ1n) is 8.90. The topological polar surface area (TPSA) is 66.4 Å². The highest BCUT2D eigenvalue weighted by Crippen LogP contribution is 2.38. The summed E-state index contributed by atoms with van der Waals surface area (Å²) < 4.78 is 0. The summed E-state index contributed by atoms with van der Waals surface area (Å²) in [6.07, 6.45) is 9.27. The predicted octanol–water partition coefficient (Wildman–Crippen LogP) is 3.60. The van der Waals surface area contributed by atoms with Crippen LogP contribution in [-0.4, -0.2) is 23.5 Å². The molecule has 0 aromatic carbocycles. The van der Waals surface area contributed by atoms with Gasteiger partial charge in [-0.2, -0.15) is 0 Å². The Morgan fingerprint density at radius 3 is 2.05 bits per heavy atom. The van der Waals surface area contributed by atoms with E-state index in [1.807, 2.05) is 0 Å². The van der Waals surface area contributed by atoms with Crippen molar-refractivity contribution in [3.63, 3.8) is 0 Å². The number of carboxylic acid groups (broad SMARTS) is 1. The van der Waals surface area contributed by atoms with Gasteiger partial charge >= 0.3 is 5.97 Å². The highest BCUT2D eigenvalue weighted by atomic mass is 16.4. The molecule has 0 saturated heterocycles. The lowest BCUT2D eigenvalue weighted by Crippen LogP contribution is -2.42. The minimum absolute atomic E-state index is 0.0118. The highest BCUT2D eigenvalue weighted by Gasteiger charge is 2.33. The molecule has 2 N–H and O–H groups in total. The summed E-state index contributed by atoms with van der Waals surface area (Å²) in [6.45, 7) is 5.28. The third-order valence-electron chi connectivity index (χ3n) is 5.88. The van der Waals surface area contributed by atoms with Crippen LogP contribution in [0.2, 0.25) is 0 Å². The maximum atomic E-state index is 12.3. The van der Waals surface area contributed by atoms with E-state index < -0.39 is 5.97 Å². The van der Waals surface area contributed by atoms with Crippen LogP contribution in [0.25, 0.3) is 0 Å². The normalized spacial score (nSPS) is 27.4. The van der Waals surface area contributed by atoms with Crippen LogP contribution in [0.1, 0.15) is 71.6 Å². The number of carboxylic acids is 1. The molecule has 0 unspecified atom stereocenters. The second-order valence-electron chi connectivity index (χ2n) is 7.93. The number of hydrogen-bond acceptors (Lipinski definition) is 2. The van der Waals surface area contributed by atoms with Crippen molar-refractivity contribution in [2.75, 3.05) is 6.54 Å². The van der Waals surface area contributed by atoms with Gasteiger partial charge in [0.2, 0.25) is 5.91 Å². The molecule has 2 aliphatic rings. The smallest absolute Gasteiger partial charge is 0.306 e. The first-order valence-corrected chi connectivity index (χ1v) is 8.90. The van der Waals surface area contributed by atoms with E-state index in [0.717, 1.165) is 6.54 Å². The molecular weight excluding hydrogens is 278 g/mol. The van der Waals surface area contributed by atoms with Crippen LogP contribution >= 0.6 is 0 Å². The van der Waals surface area contributed by atoms with Gasteiger partial charge in [0.15, 0.2) is 0 Å². The Hall–Kier alpha value is -1.06. The number of rotatable bonds is 5. The summed E-state index contributed by atoms with van der Waals surface area (Å²) in [7, 11) is 0. The van der Waals surface area contributed by atoms with Crippen LogP contribution < -0.4 is 5.32 Å². The molecule has 0 spiro atoms. The molecule has 0 atom stereocenters. The van der Waals surface area contributed by atoms with E-state index in [1.54, 1.807) is 0 Å². The van der Waals surface area contributed by atoms with Gasteiger partial charge in [-0.05, 0) is 49.9 Å². The minimum Gasteiger partial charge on any atom is -0.481 e. The quantitative estimate of drug-likeness (QED) is 0.815. The Morgan fingerprint density at radius 1 is 0.955 bits per heavy atom. The summed E-state index contributed by atoms with van der Waals surface area (Å²) in [5.74, 6) is -0.102. The van der Waals surface area contributed by atoms with Gasteiger partial charge in [-0.25, -0.2) is 0 Å². The monoisotopic (exact) mass is 309 g/mol. The zero-order chi connectivity index (χ0) is 16.2. The number of hydrogen-bond donors (Lipinski definition) is 2. The van der Waals surface area contributed by atoms with E-state index in [9.17, 15) is 9.59 Å². The van der Waals surface area contributed by atoms with E-state index in [1.165, 1.54) is 32.1 Å². The summed E-state index contributed by atoms with van der Waals surface area (Å²) in [5.41, 5.74) is 0.161. The fourth-order valence-corrected chi connectivity index (χ4v) is 4.09. The van der Waals surface area contributed by atoms with Gasteiger partial charge in [-0.15, -0.1) is 0 Å². The Balaban J connectivity index is 1.76. The summed E-state index contributed by atoms with van der Waals surface area (Å²) in [6, 6.07) is 0. The van der Waals surface area contributed by atoms with Crippen LogP contribution in [0, 0.1) is 23.2 Å². The number of nitrogens with one attached hydrogen (secondary N) is 1. The average molecular weight is 309 g/mol. The van der Waals surface area contributed by atoms with Crippen LogP contribution in [0.3, 0.4) is 0 Å². The lowest BCUT2D eigenvalue weighted by atomic mass is 9.71. The molecular formula is C18H31NO3. The lowest BCUT2D eigenvalue weighted by molar-refractivity contribution is -0.144. The second-order valence-corrected chi connectivity index (χ2v) is 7.93. The van der Waals surface area contributed by atoms with Crippen molar-refractivity contribution in [1.82, 2.24) is 5.32 Å². The second kappa shape index (κ2) is 7.47. The molecule has 0 aromatic heterocycles. The van der Waals surface area contributed by atoms with Crippen molar-refractivity contribution in [2.45, 2.75) is 71.6 Å². The maximum Gasteiger partial charge on any atom is 0.306 e. The Kier molecular flexibility index (Phi) is 5.87. The molecule has 126 valence electrons. The van der Waals surface area contributed by atoms with Gasteiger partial charge in [0, 0.05) is 12.5 Å². The molecule has 0 aliphatic heterocycles. The number of carbonyl (C=O) groups is 2. The van der Waals surface area contributed by atoms with Gasteiger partial charge in [0.1, 0.15) is 0 Å². The molecule has 0 aromatic rings. The van der Waals surface area contributed by atoms with Crippen molar-refractivity contribution in [3.05, 3.63) is 0 Å². The predicted molar refractivity (Wildman–Crippen MR) is 86.4 cm³/mol. The van der Waals surface area contributed by atoms with Crippen LogP contribution in [0.4, 0.5) is 0 Å². The van der Waals surface area contributed by atoms with Gasteiger partial charge in [-0.3, -0.25) is 9.59 Å². The SMILES string of the molecule is CC(C)(CNC(=O)C1CCC(C(=O)O)CC1)C1CCCCC1. The van der Waals surface area contributed by atoms with Crippen molar-refractivity contribution < 1.29 is 14.7 Å². The summed E-state index contributed by atoms with van der Waals surface area (Å²) >= 11 is 0. The molecule has 2 saturated carbocycles. The van der Waals surface area contributed by atoms with Gasteiger partial charge in [0.05, 0.1) is 5.92 Å². The molecule has 0 bridgehead atoms. The minimum atomic E-state index is -0.711. The highest BCUT2D eigenvalue weighted by molar-refractivity contribution is 5.79. The van der Waals surface area contributed by atoms with E-state index in [2.05, 4.69) is 19.2 Å². The van der Waals surface area contributed by atoms with Gasteiger partial charge < -0.3 is 10.4 Å². The fraction of sp³-hybridized carbons (Fsp3) is 0.889. The molecule has 0 heterocycles. The standard InChI is InChI=1S/C18H31NO3/c1-18(2,15-6-4-3-5-7-15)12-19-16(20)13-8-10-14(11-9-13)17(21)22/h13-15H,3-12H2,1-2H3,(H,19,20)(H,21,22). The molecule has 0 radical (unpaired) electrons. The molecule has 4 heteroatoms. The first kappa shape index (κ1) is 17.3. The van der Waals surface area contributed by atoms with Crippen LogP contribution in [0.5, 0.6) is 0 Å². The summed E-state index contributed by atoms with van der Waals surface area (Å²) in [4.78, 5) is 23.3. The van der Waals surface area contributed by atoms with Crippen LogP contribution in [-0.2, 0) is 9.59 Å². The number of aliphatic carboxylic acids is 1. The average Bonchev–Trinajstić information content (AvgIpc) is 2.53. The molecule has 2 fully saturated rings. The molecule has 1 amide bonds. The maximum absolute atomic E-state index is 12.3. The number of carbonyl (C=O) groups excluding carboxylic acids is 1. The molecule has 22 heavy (non-hydrogen) atoms. The van der Waals surface area contributed by atoms with E-state index in [4.69, 9.17) is 5.11 Å². The van der Waals surface area contributed by atoms with E-state index in [-0.39, 0.29) is 23.2 Å². The van der Waals surface area contributed by atoms with Crippen molar-refractivity contribution in [3.8, 4) is 0 Å². The molecule has 4 nitrogen and oxygen atoms in total. The van der Waals surface area contributed by atoms with Crippen molar-refractivity contribution in [1.29, 1.82) is 0 Å². The molecule has 2 rings (SSSR count). The third kappa shape index (κ3) is 4.47. The van der Waals surface area contributed by atoms with E-state index in [0.29, 0.717) is 31.6 Å². The van der Waals surface area contributed by atoms with Gasteiger partial charge in [-0.1, -0.05) is 33.1 Å². The fourth-order valence-electron chi connectivity index (χ4n) is 4.09.